The summed E-state index contributed by atoms with van der Waals surface area (Å²) in [6.07, 6.45) is -0.130. The maximum absolute atomic E-state index is 12.6. The number of hydrogen-bond acceptors (Lipinski definition) is 3. The quantitative estimate of drug-likeness (QED) is 0.915. The van der Waals surface area contributed by atoms with Crippen LogP contribution in [0.1, 0.15) is 27.6 Å². The molecule has 0 bridgehead atoms. The number of nitrogens with zero attached hydrogens (tertiary/aromatic N) is 1. The van der Waals surface area contributed by atoms with Crippen molar-refractivity contribution in [1.29, 1.82) is 0 Å². The van der Waals surface area contributed by atoms with Gasteiger partial charge < -0.3 is 14.7 Å². The van der Waals surface area contributed by atoms with E-state index in [-0.39, 0.29) is 22.8 Å². The SMILES string of the molecule is Cc1ccccc1C1CN(C(=O)c2ccc(Cl)c(O)c2)CCO1. The van der Waals surface area contributed by atoms with Gasteiger partial charge in [0.05, 0.1) is 18.2 Å². The molecule has 0 spiro atoms. The molecule has 1 N–H and O–H groups in total. The highest BCUT2D eigenvalue weighted by molar-refractivity contribution is 6.32. The fourth-order valence-electron chi connectivity index (χ4n) is 2.80. The van der Waals surface area contributed by atoms with Gasteiger partial charge in [0.15, 0.2) is 0 Å². The van der Waals surface area contributed by atoms with Crippen LogP contribution in [0.2, 0.25) is 5.02 Å². The van der Waals surface area contributed by atoms with E-state index in [1.165, 1.54) is 12.1 Å². The van der Waals surface area contributed by atoms with Crippen LogP contribution in [0.5, 0.6) is 5.75 Å². The zero-order chi connectivity index (χ0) is 16.4. The maximum Gasteiger partial charge on any atom is 0.254 e. The maximum atomic E-state index is 12.6. The molecule has 3 rings (SSSR count). The minimum atomic E-state index is -0.130. The van der Waals surface area contributed by atoms with Crippen molar-refractivity contribution in [2.75, 3.05) is 19.7 Å². The van der Waals surface area contributed by atoms with Crippen LogP contribution in [-0.4, -0.2) is 35.6 Å². The number of rotatable bonds is 2. The first-order chi connectivity index (χ1) is 11.1. The normalized spacial score (nSPS) is 18.0. The summed E-state index contributed by atoms with van der Waals surface area (Å²) < 4.78 is 5.84. The van der Waals surface area contributed by atoms with E-state index < -0.39 is 0 Å². The van der Waals surface area contributed by atoms with E-state index in [1.54, 1.807) is 11.0 Å². The molecule has 120 valence electrons. The molecule has 23 heavy (non-hydrogen) atoms. The summed E-state index contributed by atoms with van der Waals surface area (Å²) in [7, 11) is 0. The molecule has 1 heterocycles. The zero-order valence-electron chi connectivity index (χ0n) is 12.8. The Hall–Kier alpha value is -2.04. The summed E-state index contributed by atoms with van der Waals surface area (Å²) in [5.74, 6) is -0.208. The molecule has 1 atom stereocenters. The minimum absolute atomic E-state index is 0.0822. The molecular weight excluding hydrogens is 314 g/mol. The van der Waals surface area contributed by atoms with Gasteiger partial charge in [0.2, 0.25) is 0 Å². The van der Waals surface area contributed by atoms with E-state index in [4.69, 9.17) is 16.3 Å². The number of hydrogen-bond donors (Lipinski definition) is 1. The van der Waals surface area contributed by atoms with Crippen molar-refractivity contribution in [1.82, 2.24) is 4.90 Å². The van der Waals surface area contributed by atoms with Crippen LogP contribution in [0, 0.1) is 6.92 Å². The van der Waals surface area contributed by atoms with E-state index in [0.29, 0.717) is 25.3 Å². The van der Waals surface area contributed by atoms with Crippen molar-refractivity contribution >= 4 is 17.5 Å². The number of ether oxygens (including phenoxy) is 1. The number of carbonyl (C=O) groups excluding carboxylic acids is 1. The van der Waals surface area contributed by atoms with Crippen LogP contribution < -0.4 is 0 Å². The molecule has 1 fully saturated rings. The Bertz CT molecular complexity index is 732. The number of halogens is 1. The Morgan fingerprint density at radius 2 is 2.09 bits per heavy atom. The fourth-order valence-corrected chi connectivity index (χ4v) is 2.92. The first-order valence-corrected chi connectivity index (χ1v) is 7.89. The van der Waals surface area contributed by atoms with Crippen molar-refractivity contribution in [2.45, 2.75) is 13.0 Å². The van der Waals surface area contributed by atoms with Crippen LogP contribution in [0.3, 0.4) is 0 Å². The van der Waals surface area contributed by atoms with Gasteiger partial charge in [0, 0.05) is 12.1 Å². The Kier molecular flexibility index (Phi) is 4.55. The van der Waals surface area contributed by atoms with Gasteiger partial charge in [-0.05, 0) is 36.2 Å². The molecular formula is C18H18ClNO3. The lowest BCUT2D eigenvalue weighted by molar-refractivity contribution is -0.0231. The summed E-state index contributed by atoms with van der Waals surface area (Å²) in [4.78, 5) is 14.4. The number of amides is 1. The molecule has 0 aliphatic carbocycles. The first kappa shape index (κ1) is 15.8. The zero-order valence-corrected chi connectivity index (χ0v) is 13.6. The predicted octanol–water partition coefficient (Wildman–Crippen LogP) is 3.57. The molecule has 0 aromatic heterocycles. The number of phenolic OH excluding ortho intramolecular Hbond substituents is 1. The van der Waals surface area contributed by atoms with Crippen LogP contribution in [0.25, 0.3) is 0 Å². The standard InChI is InChI=1S/C18H18ClNO3/c1-12-4-2-3-5-14(12)17-11-20(8-9-23-17)18(22)13-6-7-15(19)16(21)10-13/h2-7,10,17,21H,8-9,11H2,1H3. The largest absolute Gasteiger partial charge is 0.506 e. The number of morpholine rings is 1. The predicted molar refractivity (Wildman–Crippen MR) is 88.9 cm³/mol. The van der Waals surface area contributed by atoms with Crippen molar-refractivity contribution in [2.24, 2.45) is 0 Å². The summed E-state index contributed by atoms with van der Waals surface area (Å²) >= 11 is 5.80. The van der Waals surface area contributed by atoms with Gasteiger partial charge in [-0.3, -0.25) is 4.79 Å². The van der Waals surface area contributed by atoms with Gasteiger partial charge in [-0.15, -0.1) is 0 Å². The van der Waals surface area contributed by atoms with Crippen molar-refractivity contribution in [3.8, 4) is 5.75 Å². The average Bonchev–Trinajstić information content (AvgIpc) is 2.57. The average molecular weight is 332 g/mol. The number of phenols is 1. The smallest absolute Gasteiger partial charge is 0.254 e. The summed E-state index contributed by atoms with van der Waals surface area (Å²) in [5, 5.41) is 9.92. The van der Waals surface area contributed by atoms with Crippen LogP contribution >= 0.6 is 11.6 Å². The van der Waals surface area contributed by atoms with E-state index in [9.17, 15) is 9.90 Å². The molecule has 5 heteroatoms. The van der Waals surface area contributed by atoms with Crippen LogP contribution in [-0.2, 0) is 4.74 Å². The molecule has 1 unspecified atom stereocenters. The monoisotopic (exact) mass is 331 g/mol. The summed E-state index contributed by atoms with van der Waals surface area (Å²) in [5.41, 5.74) is 2.68. The molecule has 1 saturated heterocycles. The van der Waals surface area contributed by atoms with E-state index in [0.717, 1.165) is 11.1 Å². The van der Waals surface area contributed by atoms with Crippen molar-refractivity contribution in [3.63, 3.8) is 0 Å². The highest BCUT2D eigenvalue weighted by atomic mass is 35.5. The van der Waals surface area contributed by atoms with Gasteiger partial charge >= 0.3 is 0 Å². The third-order valence-corrected chi connectivity index (χ3v) is 4.40. The van der Waals surface area contributed by atoms with Crippen LogP contribution in [0.15, 0.2) is 42.5 Å². The second kappa shape index (κ2) is 6.60. The van der Waals surface area contributed by atoms with E-state index in [1.807, 2.05) is 31.2 Å². The summed E-state index contributed by atoms with van der Waals surface area (Å²) in [6, 6.07) is 12.6. The van der Waals surface area contributed by atoms with Crippen molar-refractivity contribution in [3.05, 3.63) is 64.2 Å². The fraction of sp³-hybridized carbons (Fsp3) is 0.278. The van der Waals surface area contributed by atoms with Gasteiger partial charge in [0.25, 0.3) is 5.91 Å². The molecule has 0 radical (unpaired) electrons. The Morgan fingerprint density at radius 3 is 2.83 bits per heavy atom. The lowest BCUT2D eigenvalue weighted by Crippen LogP contribution is -2.42. The van der Waals surface area contributed by atoms with Crippen molar-refractivity contribution < 1.29 is 14.6 Å². The lowest BCUT2D eigenvalue weighted by Gasteiger charge is -2.34. The molecule has 1 amide bonds. The molecule has 1 aliphatic heterocycles. The third kappa shape index (κ3) is 3.33. The van der Waals surface area contributed by atoms with Gasteiger partial charge in [-0.1, -0.05) is 35.9 Å². The minimum Gasteiger partial charge on any atom is -0.506 e. The lowest BCUT2D eigenvalue weighted by atomic mass is 10.0. The number of aryl methyl sites for hydroxylation is 1. The topological polar surface area (TPSA) is 49.8 Å². The number of carbonyl (C=O) groups is 1. The highest BCUT2D eigenvalue weighted by Gasteiger charge is 2.27. The third-order valence-electron chi connectivity index (χ3n) is 4.08. The molecule has 2 aromatic rings. The molecule has 4 nitrogen and oxygen atoms in total. The summed E-state index contributed by atoms with van der Waals surface area (Å²) in [6.45, 7) is 3.55. The van der Waals surface area contributed by atoms with Gasteiger partial charge in [-0.2, -0.15) is 0 Å². The Labute approximate surface area is 140 Å². The molecule has 0 saturated carbocycles. The van der Waals surface area contributed by atoms with Gasteiger partial charge in [0.1, 0.15) is 11.9 Å². The Morgan fingerprint density at radius 1 is 1.30 bits per heavy atom. The Balaban J connectivity index is 1.79. The van der Waals surface area contributed by atoms with E-state index >= 15 is 0 Å². The molecule has 1 aliphatic rings. The number of aromatic hydroxyl groups is 1. The molecule has 2 aromatic carbocycles. The highest BCUT2D eigenvalue weighted by Crippen LogP contribution is 2.28. The first-order valence-electron chi connectivity index (χ1n) is 7.51. The van der Waals surface area contributed by atoms with Gasteiger partial charge in [-0.25, -0.2) is 0 Å². The van der Waals surface area contributed by atoms with Crippen LogP contribution in [0.4, 0.5) is 0 Å². The second-order valence-electron chi connectivity index (χ2n) is 5.63. The number of benzene rings is 2. The second-order valence-corrected chi connectivity index (χ2v) is 6.04. The van der Waals surface area contributed by atoms with E-state index in [2.05, 4.69) is 0 Å².